The molecule has 0 radical (unpaired) electrons. The Kier molecular flexibility index (Phi) is 8.74. The summed E-state index contributed by atoms with van der Waals surface area (Å²) in [5, 5.41) is 8.89. The number of halogens is 3. The van der Waals surface area contributed by atoms with Crippen molar-refractivity contribution in [3.63, 3.8) is 0 Å². The number of amides is 2. The number of pyridine rings is 1. The molecule has 4 rings (SSSR count). The number of nitrogens with one attached hydrogen (secondary N) is 2. The zero-order chi connectivity index (χ0) is 30.4. The van der Waals surface area contributed by atoms with Gasteiger partial charge in [0.05, 0.1) is 43.6 Å². The Morgan fingerprint density at radius 1 is 1.07 bits per heavy atom. The standard InChI is InChI=1S/C28H26F3N7O4/c1-28(30,31)24-13-25(38(37-24)18-9-16(29)14-34-15-18)36-27(39)35-17-7-6-8-19(10-17)42-26(33-3)20-11-22(40-4)23(41-5)12-21(20)32-2/h6-15H,3H2,1-2,4-5H3,(H2,35,36,39)/b26-20+,32-21-. The van der Waals surface area contributed by atoms with Gasteiger partial charge in [-0.15, -0.1) is 0 Å². The predicted octanol–water partition coefficient (Wildman–Crippen LogP) is 5.60. The second kappa shape index (κ2) is 12.4. The minimum Gasteiger partial charge on any atom is -0.493 e. The number of urea groups is 1. The number of hydrogen-bond acceptors (Lipinski definition) is 8. The van der Waals surface area contributed by atoms with Gasteiger partial charge in [-0.1, -0.05) is 6.07 Å². The van der Waals surface area contributed by atoms with Crippen LogP contribution in [0.1, 0.15) is 12.6 Å². The molecule has 0 spiro atoms. The minimum atomic E-state index is -3.32. The molecule has 42 heavy (non-hydrogen) atoms. The molecule has 0 atom stereocenters. The highest BCUT2D eigenvalue weighted by Crippen LogP contribution is 2.30. The Balaban J connectivity index is 1.57. The Bertz CT molecular complexity index is 1640. The average molecular weight is 582 g/mol. The maximum absolute atomic E-state index is 14.0. The molecule has 0 saturated heterocycles. The fraction of sp³-hybridized carbons (Fsp3) is 0.179. The van der Waals surface area contributed by atoms with Crippen molar-refractivity contribution in [2.24, 2.45) is 9.98 Å². The summed E-state index contributed by atoms with van der Waals surface area (Å²) in [7, 11) is 4.59. The van der Waals surface area contributed by atoms with Crippen LogP contribution in [0.15, 0.2) is 93.9 Å². The van der Waals surface area contributed by atoms with E-state index in [9.17, 15) is 18.0 Å². The quantitative estimate of drug-likeness (QED) is 0.251. The molecule has 11 nitrogen and oxygen atoms in total. The van der Waals surface area contributed by atoms with Crippen LogP contribution >= 0.6 is 0 Å². The van der Waals surface area contributed by atoms with Crippen LogP contribution in [0, 0.1) is 5.82 Å². The monoisotopic (exact) mass is 581 g/mol. The molecule has 1 aliphatic carbocycles. The van der Waals surface area contributed by atoms with E-state index < -0.39 is 23.5 Å². The molecule has 2 heterocycles. The highest BCUT2D eigenvalue weighted by molar-refractivity contribution is 6.12. The predicted molar refractivity (Wildman–Crippen MR) is 151 cm³/mol. The molecule has 218 valence electrons. The van der Waals surface area contributed by atoms with Gasteiger partial charge in [0.25, 0.3) is 5.92 Å². The lowest BCUT2D eigenvalue weighted by atomic mass is 10.0. The lowest BCUT2D eigenvalue weighted by Gasteiger charge is -2.18. The van der Waals surface area contributed by atoms with Crippen LogP contribution in [0.2, 0.25) is 0 Å². The van der Waals surface area contributed by atoms with Gasteiger partial charge in [-0.05, 0) is 24.9 Å². The van der Waals surface area contributed by atoms with Crippen LogP contribution < -0.4 is 15.4 Å². The molecular formula is C28H26F3N7O4. The van der Waals surface area contributed by atoms with Crippen molar-refractivity contribution in [2.45, 2.75) is 12.8 Å². The van der Waals surface area contributed by atoms with Crippen molar-refractivity contribution in [3.8, 4) is 11.4 Å². The number of carbonyl (C=O) groups excluding carboxylic acids is 1. The second-order valence-corrected chi connectivity index (χ2v) is 8.70. The van der Waals surface area contributed by atoms with Crippen LogP contribution in [0.4, 0.5) is 29.5 Å². The van der Waals surface area contributed by atoms with Crippen molar-refractivity contribution in [1.82, 2.24) is 14.8 Å². The molecule has 1 aliphatic rings. The topological polar surface area (TPSA) is 124 Å². The fourth-order valence-electron chi connectivity index (χ4n) is 3.82. The largest absolute Gasteiger partial charge is 0.493 e. The second-order valence-electron chi connectivity index (χ2n) is 8.70. The van der Waals surface area contributed by atoms with Gasteiger partial charge in [0.2, 0.25) is 5.88 Å². The van der Waals surface area contributed by atoms with E-state index in [1.165, 1.54) is 26.5 Å². The summed E-state index contributed by atoms with van der Waals surface area (Å²) in [6.45, 7) is 4.24. The normalized spacial score (nSPS) is 15.4. The number of benzene rings is 1. The van der Waals surface area contributed by atoms with Gasteiger partial charge in [0.1, 0.15) is 23.1 Å². The first-order valence-corrected chi connectivity index (χ1v) is 12.2. The van der Waals surface area contributed by atoms with Gasteiger partial charge in [-0.2, -0.15) is 13.9 Å². The van der Waals surface area contributed by atoms with E-state index >= 15 is 0 Å². The number of carbonyl (C=O) groups is 1. The highest BCUT2D eigenvalue weighted by atomic mass is 19.3. The van der Waals surface area contributed by atoms with Gasteiger partial charge >= 0.3 is 6.03 Å². The van der Waals surface area contributed by atoms with Crippen molar-refractivity contribution in [2.75, 3.05) is 31.9 Å². The van der Waals surface area contributed by atoms with Crippen LogP contribution in [0.5, 0.6) is 5.75 Å². The molecule has 2 amide bonds. The molecule has 0 bridgehead atoms. The summed E-state index contributed by atoms with van der Waals surface area (Å²) in [6, 6.07) is 7.56. The van der Waals surface area contributed by atoms with Gasteiger partial charge in [-0.3, -0.25) is 15.3 Å². The highest BCUT2D eigenvalue weighted by Gasteiger charge is 2.30. The summed E-state index contributed by atoms with van der Waals surface area (Å²) in [6.07, 6.45) is 5.47. The van der Waals surface area contributed by atoms with Crippen molar-refractivity contribution in [3.05, 3.63) is 95.4 Å². The zero-order valence-corrected chi connectivity index (χ0v) is 23.0. The Hall–Kier alpha value is -5.40. The van der Waals surface area contributed by atoms with Crippen LogP contribution in [0.3, 0.4) is 0 Å². The number of alkyl halides is 2. The number of rotatable bonds is 9. The average Bonchev–Trinajstić information content (AvgIpc) is 3.39. The molecule has 0 aliphatic heterocycles. The van der Waals surface area contributed by atoms with E-state index in [1.807, 2.05) is 0 Å². The SMILES string of the molecule is C=N/C(Oc1cccc(NC(=O)Nc2cc(C(C)(F)F)nn2-c2cncc(F)c2)c1)=C1/C=C(OC)C(OC)=C/C1=N/C. The van der Waals surface area contributed by atoms with E-state index in [1.54, 1.807) is 37.4 Å². The Morgan fingerprint density at radius 2 is 1.81 bits per heavy atom. The van der Waals surface area contributed by atoms with Crippen molar-refractivity contribution >= 4 is 30.0 Å². The minimum absolute atomic E-state index is 0.0320. The number of anilines is 2. The van der Waals surface area contributed by atoms with E-state index in [0.717, 1.165) is 23.0 Å². The molecule has 0 unspecified atom stereocenters. The lowest BCUT2D eigenvalue weighted by molar-refractivity contribution is 0.0124. The molecule has 3 aromatic rings. The van der Waals surface area contributed by atoms with Crippen molar-refractivity contribution in [1.29, 1.82) is 0 Å². The number of hydrogen-bond donors (Lipinski definition) is 2. The maximum Gasteiger partial charge on any atom is 0.324 e. The first kappa shape index (κ1) is 29.6. The summed E-state index contributed by atoms with van der Waals surface area (Å²) in [4.78, 5) is 24.8. The van der Waals surface area contributed by atoms with Crippen LogP contribution in [0.25, 0.3) is 5.69 Å². The first-order chi connectivity index (χ1) is 20.1. The number of aliphatic imine (C=N–C) groups is 2. The maximum atomic E-state index is 14.0. The molecule has 2 N–H and O–H groups in total. The van der Waals surface area contributed by atoms with Crippen LogP contribution in [-0.2, 0) is 15.4 Å². The zero-order valence-electron chi connectivity index (χ0n) is 23.0. The smallest absolute Gasteiger partial charge is 0.324 e. The van der Waals surface area contributed by atoms with Crippen LogP contribution in [-0.4, -0.2) is 54.5 Å². The van der Waals surface area contributed by atoms with E-state index in [2.05, 4.69) is 37.4 Å². The summed E-state index contributed by atoms with van der Waals surface area (Å²) < 4.78 is 59.4. The summed E-state index contributed by atoms with van der Waals surface area (Å²) in [5.74, 6) is -2.88. The molecule has 0 saturated carbocycles. The third-order valence-electron chi connectivity index (χ3n) is 5.76. The molecule has 1 aromatic carbocycles. The molecule has 14 heteroatoms. The third kappa shape index (κ3) is 6.66. The van der Waals surface area contributed by atoms with Gasteiger partial charge in [0, 0.05) is 43.9 Å². The lowest BCUT2D eigenvalue weighted by Crippen LogP contribution is -2.21. The number of aromatic nitrogens is 3. The van der Waals surface area contributed by atoms with Gasteiger partial charge in [-0.25, -0.2) is 18.9 Å². The van der Waals surface area contributed by atoms with E-state index in [-0.39, 0.29) is 23.1 Å². The fourth-order valence-corrected chi connectivity index (χ4v) is 3.82. The third-order valence-corrected chi connectivity index (χ3v) is 5.76. The number of ether oxygens (including phenoxy) is 3. The number of allylic oxidation sites excluding steroid dienone is 3. The van der Waals surface area contributed by atoms with E-state index in [0.29, 0.717) is 35.4 Å². The number of nitrogens with zero attached hydrogens (tertiary/aromatic N) is 5. The van der Waals surface area contributed by atoms with Gasteiger partial charge in [0.15, 0.2) is 11.5 Å². The van der Waals surface area contributed by atoms with Gasteiger partial charge < -0.3 is 19.5 Å². The summed E-state index contributed by atoms with van der Waals surface area (Å²) >= 11 is 0. The molecule has 2 aromatic heterocycles. The Labute approximate surface area is 238 Å². The number of methoxy groups -OCH3 is 2. The molecular weight excluding hydrogens is 555 g/mol. The summed E-state index contributed by atoms with van der Waals surface area (Å²) in [5.41, 5.74) is 0.673. The molecule has 0 fully saturated rings. The van der Waals surface area contributed by atoms with Crippen molar-refractivity contribution < 1.29 is 32.2 Å². The van der Waals surface area contributed by atoms with E-state index in [4.69, 9.17) is 14.2 Å². The Morgan fingerprint density at radius 3 is 2.45 bits per heavy atom. The first-order valence-electron chi connectivity index (χ1n) is 12.2.